The summed E-state index contributed by atoms with van der Waals surface area (Å²) in [6.45, 7) is 2.12. The maximum Gasteiger partial charge on any atom is 0.0237 e. The van der Waals surface area contributed by atoms with Crippen LogP contribution in [-0.4, -0.2) is 5.75 Å². The minimum absolute atomic E-state index is 1.18. The molecular formula is C10H10S. The van der Waals surface area contributed by atoms with Crippen molar-refractivity contribution in [1.29, 1.82) is 0 Å². The number of hydrogen-bond acceptors (Lipinski definition) is 1. The summed E-state index contributed by atoms with van der Waals surface area (Å²) >= 11 is 1.88. The average molecular weight is 162 g/mol. The van der Waals surface area contributed by atoms with Crippen molar-refractivity contribution in [2.45, 2.75) is 6.92 Å². The van der Waals surface area contributed by atoms with E-state index in [1.165, 1.54) is 22.5 Å². The zero-order chi connectivity index (χ0) is 7.68. The number of aryl methyl sites for hydroxylation is 1. The third-order valence-electron chi connectivity index (χ3n) is 1.89. The van der Waals surface area contributed by atoms with Crippen LogP contribution in [-0.2, 0) is 0 Å². The Labute approximate surface area is 71.3 Å². The molecule has 1 heterocycles. The zero-order valence-corrected chi connectivity index (χ0v) is 7.32. The van der Waals surface area contributed by atoms with E-state index in [-0.39, 0.29) is 0 Å². The van der Waals surface area contributed by atoms with E-state index in [9.17, 15) is 0 Å². The number of hydrogen-bond donors (Lipinski definition) is 0. The van der Waals surface area contributed by atoms with Gasteiger partial charge in [0.15, 0.2) is 0 Å². The van der Waals surface area contributed by atoms with Gasteiger partial charge in [0.25, 0.3) is 0 Å². The van der Waals surface area contributed by atoms with E-state index in [0.717, 1.165) is 0 Å². The number of thioether (sulfide) groups is 1. The molecule has 0 nitrogen and oxygen atoms in total. The number of benzene rings is 1. The molecule has 0 radical (unpaired) electrons. The van der Waals surface area contributed by atoms with Gasteiger partial charge in [-0.15, -0.1) is 11.8 Å². The van der Waals surface area contributed by atoms with Crippen LogP contribution >= 0.6 is 11.8 Å². The summed E-state index contributed by atoms with van der Waals surface area (Å²) in [7, 11) is 0. The Kier molecular flexibility index (Phi) is 1.74. The van der Waals surface area contributed by atoms with Gasteiger partial charge in [0.05, 0.1) is 0 Å². The molecule has 1 aromatic carbocycles. The number of rotatable bonds is 1. The highest BCUT2D eigenvalue weighted by molar-refractivity contribution is 8.04. The van der Waals surface area contributed by atoms with E-state index < -0.39 is 0 Å². The third kappa shape index (κ3) is 1.33. The fourth-order valence-corrected chi connectivity index (χ4v) is 1.72. The van der Waals surface area contributed by atoms with Crippen LogP contribution in [0.4, 0.5) is 0 Å². The van der Waals surface area contributed by atoms with Gasteiger partial charge in [-0.25, -0.2) is 0 Å². The van der Waals surface area contributed by atoms with Crippen molar-refractivity contribution in [1.82, 2.24) is 0 Å². The fourth-order valence-electron chi connectivity index (χ4n) is 1.09. The van der Waals surface area contributed by atoms with Gasteiger partial charge in [-0.2, -0.15) is 0 Å². The highest BCUT2D eigenvalue weighted by Crippen LogP contribution is 2.31. The second-order valence-electron chi connectivity index (χ2n) is 2.82. The molecule has 0 bridgehead atoms. The Hall–Kier alpha value is -0.690. The maximum absolute atomic E-state index is 2.23. The van der Waals surface area contributed by atoms with Gasteiger partial charge < -0.3 is 0 Å². The highest BCUT2D eigenvalue weighted by Gasteiger charge is 2.07. The Balaban J connectivity index is 2.32. The van der Waals surface area contributed by atoms with Gasteiger partial charge in [-0.3, -0.25) is 0 Å². The fraction of sp³-hybridized carbons (Fsp3) is 0.200. The summed E-state index contributed by atoms with van der Waals surface area (Å²) in [5.41, 5.74) is 4.20. The summed E-state index contributed by atoms with van der Waals surface area (Å²) < 4.78 is 0. The molecule has 0 aliphatic carbocycles. The van der Waals surface area contributed by atoms with E-state index >= 15 is 0 Å². The molecule has 11 heavy (non-hydrogen) atoms. The van der Waals surface area contributed by atoms with E-state index in [1.54, 1.807) is 0 Å². The largest absolute Gasteiger partial charge is 0.129 e. The second-order valence-corrected chi connectivity index (χ2v) is 3.68. The van der Waals surface area contributed by atoms with Crippen molar-refractivity contribution < 1.29 is 0 Å². The molecular weight excluding hydrogens is 152 g/mol. The molecule has 0 N–H and O–H groups in total. The first-order valence-electron chi connectivity index (χ1n) is 3.74. The van der Waals surface area contributed by atoms with Crippen LogP contribution in [0.2, 0.25) is 0 Å². The molecule has 0 fully saturated rings. The quantitative estimate of drug-likeness (QED) is 0.611. The summed E-state index contributed by atoms with van der Waals surface area (Å²) in [5, 5.41) is 2.23. The van der Waals surface area contributed by atoms with Crippen molar-refractivity contribution in [3.05, 3.63) is 40.8 Å². The molecule has 1 aliphatic rings. The van der Waals surface area contributed by atoms with Crippen molar-refractivity contribution in [2.24, 2.45) is 0 Å². The van der Waals surface area contributed by atoms with Gasteiger partial charge in [-0.05, 0) is 23.5 Å². The Bertz CT molecular complexity index is 282. The minimum atomic E-state index is 1.18. The van der Waals surface area contributed by atoms with Crippen molar-refractivity contribution in [3.8, 4) is 0 Å². The standard InChI is InChI=1S/C10H10S/c1-8-2-4-9(5-3-8)10-6-11-7-10/h2-6H,7H2,1H3. The first-order chi connectivity index (χ1) is 5.36. The lowest BCUT2D eigenvalue weighted by atomic mass is 10.1. The molecule has 0 atom stereocenters. The predicted molar refractivity (Wildman–Crippen MR) is 51.6 cm³/mol. The first kappa shape index (κ1) is 6.99. The lowest BCUT2D eigenvalue weighted by Crippen LogP contribution is -1.93. The topological polar surface area (TPSA) is 0 Å². The van der Waals surface area contributed by atoms with Crippen molar-refractivity contribution in [2.75, 3.05) is 5.75 Å². The summed E-state index contributed by atoms with van der Waals surface area (Å²) in [6.07, 6.45) is 0. The van der Waals surface area contributed by atoms with E-state index in [0.29, 0.717) is 0 Å². The SMILES string of the molecule is Cc1ccc(C2=CSC2)cc1. The molecule has 0 aromatic heterocycles. The molecule has 2 rings (SSSR count). The second kappa shape index (κ2) is 2.74. The van der Waals surface area contributed by atoms with Crippen molar-refractivity contribution >= 4 is 17.3 Å². The van der Waals surface area contributed by atoms with Crippen LogP contribution < -0.4 is 0 Å². The van der Waals surface area contributed by atoms with Crippen LogP contribution in [0.3, 0.4) is 0 Å². The molecule has 0 saturated heterocycles. The van der Waals surface area contributed by atoms with Crippen molar-refractivity contribution in [3.63, 3.8) is 0 Å². The van der Waals surface area contributed by atoms with Gasteiger partial charge >= 0.3 is 0 Å². The van der Waals surface area contributed by atoms with Crippen LogP contribution in [0.1, 0.15) is 11.1 Å². The van der Waals surface area contributed by atoms with Gasteiger partial charge in [0, 0.05) is 5.75 Å². The molecule has 0 amide bonds. The summed E-state index contributed by atoms with van der Waals surface area (Å²) in [4.78, 5) is 0. The molecule has 0 unspecified atom stereocenters. The van der Waals surface area contributed by atoms with Crippen LogP contribution in [0, 0.1) is 6.92 Å². The first-order valence-corrected chi connectivity index (χ1v) is 4.79. The monoisotopic (exact) mass is 162 g/mol. The molecule has 1 heteroatoms. The van der Waals surface area contributed by atoms with Crippen LogP contribution in [0.15, 0.2) is 29.7 Å². The molecule has 0 saturated carbocycles. The highest BCUT2D eigenvalue weighted by atomic mass is 32.2. The smallest absolute Gasteiger partial charge is 0.0237 e. The molecule has 1 aromatic rings. The maximum atomic E-state index is 2.23. The summed E-state index contributed by atoms with van der Waals surface area (Å²) in [5.74, 6) is 1.18. The van der Waals surface area contributed by atoms with E-state index in [1.807, 2.05) is 11.8 Å². The Morgan fingerprint density at radius 3 is 2.27 bits per heavy atom. The Morgan fingerprint density at radius 1 is 1.18 bits per heavy atom. The van der Waals surface area contributed by atoms with Gasteiger partial charge in [-0.1, -0.05) is 29.8 Å². The van der Waals surface area contributed by atoms with Crippen LogP contribution in [0.25, 0.3) is 5.57 Å². The molecule has 1 aliphatic heterocycles. The predicted octanol–water partition coefficient (Wildman–Crippen LogP) is 3.08. The van der Waals surface area contributed by atoms with E-state index in [4.69, 9.17) is 0 Å². The normalized spacial score (nSPS) is 15.5. The van der Waals surface area contributed by atoms with Gasteiger partial charge in [0.1, 0.15) is 0 Å². The summed E-state index contributed by atoms with van der Waals surface area (Å²) in [6, 6.07) is 8.72. The zero-order valence-electron chi connectivity index (χ0n) is 6.50. The van der Waals surface area contributed by atoms with Crippen LogP contribution in [0.5, 0.6) is 0 Å². The Morgan fingerprint density at radius 2 is 1.82 bits per heavy atom. The van der Waals surface area contributed by atoms with E-state index in [2.05, 4.69) is 36.6 Å². The minimum Gasteiger partial charge on any atom is -0.129 e. The lowest BCUT2D eigenvalue weighted by molar-refractivity contribution is 1.44. The lowest BCUT2D eigenvalue weighted by Gasteiger charge is -2.13. The average Bonchev–Trinajstić information content (AvgIpc) is 1.90. The molecule has 0 spiro atoms. The van der Waals surface area contributed by atoms with Gasteiger partial charge in [0.2, 0.25) is 0 Å². The molecule has 56 valence electrons. The third-order valence-corrected chi connectivity index (χ3v) is 2.82.